The van der Waals surface area contributed by atoms with E-state index in [-0.39, 0.29) is 0 Å². The number of carbonyl (C=O) groups is 1. The van der Waals surface area contributed by atoms with Gasteiger partial charge < -0.3 is 5.11 Å². The van der Waals surface area contributed by atoms with Gasteiger partial charge in [0.25, 0.3) is 0 Å². The maximum absolute atomic E-state index is 11.3. The van der Waals surface area contributed by atoms with Crippen LogP contribution in [0.3, 0.4) is 0 Å². The lowest BCUT2D eigenvalue weighted by Gasteiger charge is -2.11. The first-order valence-electron chi connectivity index (χ1n) is 7.86. The highest BCUT2D eigenvalue weighted by molar-refractivity contribution is 6.04. The molecule has 0 fully saturated rings. The van der Waals surface area contributed by atoms with Gasteiger partial charge in [-0.2, -0.15) is 0 Å². The molecule has 0 saturated carbocycles. The van der Waals surface area contributed by atoms with E-state index in [1.54, 1.807) is 6.07 Å². The lowest BCUT2D eigenvalue weighted by Crippen LogP contribution is -1.98. The number of allylic oxidation sites excluding steroid dienone is 1. The molecule has 112 valence electrons. The minimum absolute atomic E-state index is 0.357. The molecule has 1 aliphatic carbocycles. The summed E-state index contributed by atoms with van der Waals surface area (Å²) in [5.74, 6) is -0.869. The summed E-state index contributed by atoms with van der Waals surface area (Å²) in [7, 11) is 0. The molecule has 1 aliphatic rings. The molecular formula is C20H20O2. The average molecular weight is 292 g/mol. The Morgan fingerprint density at radius 2 is 1.64 bits per heavy atom. The predicted molar refractivity (Wildman–Crippen MR) is 90.1 cm³/mol. The number of hydrogen-bond acceptors (Lipinski definition) is 1. The summed E-state index contributed by atoms with van der Waals surface area (Å²) in [4.78, 5) is 11.3. The predicted octanol–water partition coefficient (Wildman–Crippen LogP) is 5.38. The Balaban J connectivity index is 2.31. The van der Waals surface area contributed by atoms with E-state index in [1.807, 2.05) is 18.2 Å². The zero-order valence-electron chi connectivity index (χ0n) is 13.0. The van der Waals surface area contributed by atoms with Crippen LogP contribution >= 0.6 is 0 Å². The smallest absolute Gasteiger partial charge is 0.335 e. The van der Waals surface area contributed by atoms with E-state index in [4.69, 9.17) is 0 Å². The molecule has 0 heterocycles. The third kappa shape index (κ3) is 2.25. The van der Waals surface area contributed by atoms with Gasteiger partial charge in [-0.05, 0) is 52.8 Å². The van der Waals surface area contributed by atoms with Crippen LogP contribution in [0.25, 0.3) is 16.7 Å². The maximum Gasteiger partial charge on any atom is 0.335 e. The first-order valence-corrected chi connectivity index (χ1v) is 7.86. The molecule has 2 nitrogen and oxygen atoms in total. The highest BCUT2D eigenvalue weighted by Gasteiger charge is 2.26. The van der Waals surface area contributed by atoms with Crippen LogP contribution in [0.1, 0.15) is 54.6 Å². The molecule has 0 aromatic heterocycles. The Morgan fingerprint density at radius 1 is 0.955 bits per heavy atom. The molecule has 0 atom stereocenters. The molecule has 0 spiro atoms. The average Bonchev–Trinajstić information content (AvgIpc) is 2.86. The number of hydrogen-bond donors (Lipinski definition) is 1. The van der Waals surface area contributed by atoms with E-state index in [2.05, 4.69) is 32.0 Å². The Labute approximate surface area is 131 Å². The van der Waals surface area contributed by atoms with Crippen molar-refractivity contribution < 1.29 is 9.90 Å². The van der Waals surface area contributed by atoms with E-state index in [0.717, 1.165) is 30.4 Å². The van der Waals surface area contributed by atoms with Crippen LogP contribution in [-0.4, -0.2) is 11.1 Å². The molecule has 0 amide bonds. The van der Waals surface area contributed by atoms with Gasteiger partial charge in [-0.1, -0.05) is 56.2 Å². The van der Waals surface area contributed by atoms with Crippen LogP contribution in [0.5, 0.6) is 0 Å². The van der Waals surface area contributed by atoms with Crippen molar-refractivity contribution in [2.75, 3.05) is 0 Å². The van der Waals surface area contributed by atoms with E-state index in [1.165, 1.54) is 22.3 Å². The summed E-state index contributed by atoms with van der Waals surface area (Å²) >= 11 is 0. The lowest BCUT2D eigenvalue weighted by atomic mass is 9.93. The molecule has 2 aromatic carbocycles. The van der Waals surface area contributed by atoms with Crippen molar-refractivity contribution in [2.45, 2.75) is 33.1 Å². The Morgan fingerprint density at radius 3 is 2.27 bits per heavy atom. The fourth-order valence-electron chi connectivity index (χ4n) is 3.36. The zero-order chi connectivity index (χ0) is 15.7. The second-order valence-corrected chi connectivity index (χ2v) is 5.69. The summed E-state index contributed by atoms with van der Waals surface area (Å²) < 4.78 is 0. The van der Waals surface area contributed by atoms with Crippen molar-refractivity contribution in [3.8, 4) is 11.1 Å². The third-order valence-electron chi connectivity index (χ3n) is 4.35. The first-order chi connectivity index (χ1) is 10.7. The van der Waals surface area contributed by atoms with Crippen molar-refractivity contribution in [3.63, 3.8) is 0 Å². The van der Waals surface area contributed by atoms with Crippen LogP contribution in [-0.2, 0) is 0 Å². The Kier molecular flexibility index (Phi) is 3.84. The van der Waals surface area contributed by atoms with Crippen LogP contribution < -0.4 is 0 Å². The summed E-state index contributed by atoms with van der Waals surface area (Å²) in [5, 5.41) is 9.30. The van der Waals surface area contributed by atoms with Crippen LogP contribution in [0.15, 0.2) is 48.0 Å². The molecule has 0 unspecified atom stereocenters. The quantitative estimate of drug-likeness (QED) is 0.701. The van der Waals surface area contributed by atoms with Crippen molar-refractivity contribution in [2.24, 2.45) is 0 Å². The minimum atomic E-state index is -0.869. The minimum Gasteiger partial charge on any atom is -0.478 e. The summed E-state index contributed by atoms with van der Waals surface area (Å²) in [6.07, 6.45) is 3.15. The SMILES string of the molecule is CCC/C(CC)=C1/c2ccccc2-c2ccc(C(=O)O)cc21. The number of carboxylic acids is 1. The summed E-state index contributed by atoms with van der Waals surface area (Å²) in [6.45, 7) is 4.37. The summed E-state index contributed by atoms with van der Waals surface area (Å²) in [5.41, 5.74) is 7.70. The maximum atomic E-state index is 11.3. The largest absolute Gasteiger partial charge is 0.478 e. The summed E-state index contributed by atoms with van der Waals surface area (Å²) in [6, 6.07) is 13.9. The van der Waals surface area contributed by atoms with Gasteiger partial charge in [0, 0.05) is 0 Å². The molecule has 22 heavy (non-hydrogen) atoms. The molecule has 2 aromatic rings. The van der Waals surface area contributed by atoms with Crippen LogP contribution in [0.2, 0.25) is 0 Å². The number of rotatable bonds is 4. The van der Waals surface area contributed by atoms with Crippen molar-refractivity contribution in [3.05, 3.63) is 64.7 Å². The monoisotopic (exact) mass is 292 g/mol. The normalized spacial score (nSPS) is 14.5. The van der Waals surface area contributed by atoms with Gasteiger partial charge in [-0.3, -0.25) is 0 Å². The fraction of sp³-hybridized carbons (Fsp3) is 0.250. The number of aromatic carboxylic acids is 1. The van der Waals surface area contributed by atoms with Crippen molar-refractivity contribution >= 4 is 11.5 Å². The zero-order valence-corrected chi connectivity index (χ0v) is 13.0. The second kappa shape index (κ2) is 5.80. The highest BCUT2D eigenvalue weighted by atomic mass is 16.4. The molecule has 2 heteroatoms. The molecule has 0 radical (unpaired) electrons. The highest BCUT2D eigenvalue weighted by Crippen LogP contribution is 2.46. The van der Waals surface area contributed by atoms with Crippen LogP contribution in [0.4, 0.5) is 0 Å². The number of fused-ring (bicyclic) bond motifs is 3. The molecule has 0 aliphatic heterocycles. The standard InChI is InChI=1S/C20H20O2/c1-3-7-13(4-2)19-17-9-6-5-8-15(17)16-11-10-14(20(21)22)12-18(16)19/h5-6,8-12H,3-4,7H2,1-2H3,(H,21,22)/b19-13-. The molecular weight excluding hydrogens is 272 g/mol. The van der Waals surface area contributed by atoms with Gasteiger partial charge in [0.05, 0.1) is 5.56 Å². The lowest BCUT2D eigenvalue weighted by molar-refractivity contribution is 0.0697. The second-order valence-electron chi connectivity index (χ2n) is 5.69. The first kappa shape index (κ1) is 14.6. The van der Waals surface area contributed by atoms with E-state index in [9.17, 15) is 9.90 Å². The van der Waals surface area contributed by atoms with Gasteiger partial charge in [-0.15, -0.1) is 0 Å². The third-order valence-corrected chi connectivity index (χ3v) is 4.35. The van der Waals surface area contributed by atoms with E-state index >= 15 is 0 Å². The number of benzene rings is 2. The van der Waals surface area contributed by atoms with Gasteiger partial charge in [-0.25, -0.2) is 4.79 Å². The molecule has 0 saturated heterocycles. The van der Waals surface area contributed by atoms with Gasteiger partial charge in [0.15, 0.2) is 0 Å². The van der Waals surface area contributed by atoms with Gasteiger partial charge >= 0.3 is 5.97 Å². The van der Waals surface area contributed by atoms with Gasteiger partial charge in [0.2, 0.25) is 0 Å². The topological polar surface area (TPSA) is 37.3 Å². The Bertz CT molecular complexity index is 769. The molecule has 0 bridgehead atoms. The van der Waals surface area contributed by atoms with Crippen molar-refractivity contribution in [1.29, 1.82) is 0 Å². The van der Waals surface area contributed by atoms with E-state index in [0.29, 0.717) is 5.56 Å². The van der Waals surface area contributed by atoms with E-state index < -0.39 is 5.97 Å². The van der Waals surface area contributed by atoms with Crippen LogP contribution in [0, 0.1) is 0 Å². The van der Waals surface area contributed by atoms with Crippen molar-refractivity contribution in [1.82, 2.24) is 0 Å². The molecule has 3 rings (SSSR count). The van der Waals surface area contributed by atoms with Gasteiger partial charge in [0.1, 0.15) is 0 Å². The Hall–Kier alpha value is -2.35. The fourth-order valence-corrected chi connectivity index (χ4v) is 3.36. The molecule has 1 N–H and O–H groups in total. The number of carboxylic acid groups (broad SMARTS) is 1.